The third-order valence-electron chi connectivity index (χ3n) is 5.30. The van der Waals surface area contributed by atoms with Gasteiger partial charge in [0.05, 0.1) is 24.7 Å². The lowest BCUT2D eigenvalue weighted by atomic mass is 10.0. The van der Waals surface area contributed by atoms with E-state index >= 15 is 0 Å². The van der Waals surface area contributed by atoms with Crippen molar-refractivity contribution in [1.82, 2.24) is 25.1 Å². The topological polar surface area (TPSA) is 94.0 Å². The number of rotatable bonds is 12. The number of amides is 1. The Hall–Kier alpha value is -3.17. The van der Waals surface area contributed by atoms with Crippen molar-refractivity contribution in [3.63, 3.8) is 0 Å². The average Bonchev–Trinajstić information content (AvgIpc) is 3.27. The van der Waals surface area contributed by atoms with Crippen molar-refractivity contribution in [1.29, 1.82) is 0 Å². The van der Waals surface area contributed by atoms with E-state index in [1.54, 1.807) is 18.0 Å². The molecule has 1 amide bonds. The Kier molecular flexibility index (Phi) is 8.32. The van der Waals surface area contributed by atoms with Gasteiger partial charge in [-0.1, -0.05) is 55.1 Å². The van der Waals surface area contributed by atoms with Crippen LogP contribution in [0.25, 0.3) is 21.8 Å². The summed E-state index contributed by atoms with van der Waals surface area (Å²) in [7, 11) is 0. The zero-order valence-electron chi connectivity index (χ0n) is 19.6. The first-order chi connectivity index (χ1) is 16.7. The van der Waals surface area contributed by atoms with E-state index in [-0.39, 0.29) is 5.91 Å². The van der Waals surface area contributed by atoms with Crippen molar-refractivity contribution >= 4 is 45.3 Å². The molecule has 0 saturated carbocycles. The number of carbonyl (C=O) groups is 1. The molecule has 2 heterocycles. The van der Waals surface area contributed by atoms with Crippen molar-refractivity contribution < 1.29 is 9.53 Å². The number of benzene rings is 2. The van der Waals surface area contributed by atoms with Gasteiger partial charge in [0, 0.05) is 31.0 Å². The summed E-state index contributed by atoms with van der Waals surface area (Å²) in [5.74, 6) is 1.61. The molecule has 0 atom stereocenters. The summed E-state index contributed by atoms with van der Waals surface area (Å²) in [6, 6.07) is 13.7. The molecule has 34 heavy (non-hydrogen) atoms. The van der Waals surface area contributed by atoms with Gasteiger partial charge in [0.15, 0.2) is 10.8 Å². The molecule has 2 aromatic carbocycles. The lowest BCUT2D eigenvalue weighted by molar-refractivity contribution is 0.0953. The van der Waals surface area contributed by atoms with E-state index in [0.29, 0.717) is 38.4 Å². The minimum absolute atomic E-state index is 0.0969. The molecule has 0 radical (unpaired) electrons. The van der Waals surface area contributed by atoms with E-state index in [0.717, 1.165) is 45.0 Å². The Bertz CT molecular complexity index is 1250. The molecular weight excluding hydrogens is 448 g/mol. The standard InChI is InChI=1S/C25H30N6O2S/c1-3-16-34-25-29-22(26-13-15-33-4-2)21-17-28-31(23(21)30-25)14-12-27-24(32)20-11-7-9-18-8-5-6-10-19(18)20/h5-11,17H,3-4,12-16H2,1-2H3,(H,27,32)(H,26,29,30). The highest BCUT2D eigenvalue weighted by atomic mass is 32.2. The first kappa shape index (κ1) is 24.0. The molecule has 2 N–H and O–H groups in total. The van der Waals surface area contributed by atoms with Crippen LogP contribution >= 0.6 is 11.8 Å². The second-order valence-electron chi connectivity index (χ2n) is 7.71. The second kappa shape index (κ2) is 11.8. The van der Waals surface area contributed by atoms with Crippen molar-refractivity contribution in [2.75, 3.05) is 37.4 Å². The quantitative estimate of drug-likeness (QED) is 0.177. The van der Waals surface area contributed by atoms with Gasteiger partial charge in [0.2, 0.25) is 0 Å². The predicted octanol–water partition coefficient (Wildman–Crippen LogP) is 4.36. The Morgan fingerprint density at radius 1 is 1.06 bits per heavy atom. The summed E-state index contributed by atoms with van der Waals surface area (Å²) in [6.45, 7) is 7.00. The van der Waals surface area contributed by atoms with Gasteiger partial charge in [-0.3, -0.25) is 4.79 Å². The first-order valence-corrected chi connectivity index (χ1v) is 12.6. The van der Waals surface area contributed by atoms with Crippen LogP contribution in [0.4, 0.5) is 5.82 Å². The number of nitrogens with one attached hydrogen (secondary N) is 2. The summed E-state index contributed by atoms with van der Waals surface area (Å²) in [5.41, 5.74) is 1.43. The van der Waals surface area contributed by atoms with E-state index in [2.05, 4.69) is 27.6 Å². The van der Waals surface area contributed by atoms with Crippen LogP contribution in [0.2, 0.25) is 0 Å². The van der Waals surface area contributed by atoms with Crippen LogP contribution in [-0.2, 0) is 11.3 Å². The van der Waals surface area contributed by atoms with Crippen LogP contribution in [0, 0.1) is 0 Å². The molecule has 0 aliphatic carbocycles. The van der Waals surface area contributed by atoms with Crippen LogP contribution in [0.5, 0.6) is 0 Å². The maximum atomic E-state index is 12.9. The molecule has 0 aliphatic rings. The molecule has 0 spiro atoms. The lowest BCUT2D eigenvalue weighted by Gasteiger charge is -2.10. The smallest absolute Gasteiger partial charge is 0.251 e. The number of fused-ring (bicyclic) bond motifs is 2. The van der Waals surface area contributed by atoms with Crippen LogP contribution in [0.3, 0.4) is 0 Å². The number of aromatic nitrogens is 4. The summed E-state index contributed by atoms with van der Waals surface area (Å²) >= 11 is 1.63. The Balaban J connectivity index is 1.48. The van der Waals surface area contributed by atoms with E-state index in [1.807, 2.05) is 54.1 Å². The van der Waals surface area contributed by atoms with E-state index in [4.69, 9.17) is 9.72 Å². The number of thioether (sulfide) groups is 1. The lowest BCUT2D eigenvalue weighted by Crippen LogP contribution is -2.27. The zero-order chi connectivity index (χ0) is 23.8. The highest BCUT2D eigenvalue weighted by Gasteiger charge is 2.14. The van der Waals surface area contributed by atoms with E-state index in [1.165, 1.54) is 0 Å². The number of nitrogens with zero attached hydrogens (tertiary/aromatic N) is 4. The maximum absolute atomic E-state index is 12.9. The second-order valence-corrected chi connectivity index (χ2v) is 8.78. The van der Waals surface area contributed by atoms with Gasteiger partial charge in [-0.15, -0.1) is 0 Å². The maximum Gasteiger partial charge on any atom is 0.251 e. The van der Waals surface area contributed by atoms with Gasteiger partial charge in [0.1, 0.15) is 5.82 Å². The number of hydrogen-bond acceptors (Lipinski definition) is 7. The summed E-state index contributed by atoms with van der Waals surface area (Å²) in [6.07, 6.45) is 2.82. The highest BCUT2D eigenvalue weighted by Crippen LogP contribution is 2.25. The van der Waals surface area contributed by atoms with Crippen LogP contribution in [0.1, 0.15) is 30.6 Å². The molecule has 178 valence electrons. The molecule has 4 aromatic rings. The normalized spacial score (nSPS) is 11.2. The Labute approximate surface area is 203 Å². The van der Waals surface area contributed by atoms with Gasteiger partial charge < -0.3 is 15.4 Å². The minimum Gasteiger partial charge on any atom is -0.380 e. The molecule has 0 saturated heterocycles. The zero-order valence-corrected chi connectivity index (χ0v) is 20.4. The highest BCUT2D eigenvalue weighted by molar-refractivity contribution is 7.99. The number of hydrogen-bond donors (Lipinski definition) is 2. The van der Waals surface area contributed by atoms with Gasteiger partial charge in [0.25, 0.3) is 5.91 Å². The third kappa shape index (κ3) is 5.66. The van der Waals surface area contributed by atoms with Gasteiger partial charge >= 0.3 is 0 Å². The Morgan fingerprint density at radius 3 is 2.76 bits per heavy atom. The van der Waals surface area contributed by atoms with E-state index < -0.39 is 0 Å². The minimum atomic E-state index is -0.0969. The number of carbonyl (C=O) groups excluding carboxylic acids is 1. The molecule has 8 nitrogen and oxygen atoms in total. The predicted molar refractivity (Wildman–Crippen MR) is 138 cm³/mol. The van der Waals surface area contributed by atoms with Crippen LogP contribution < -0.4 is 10.6 Å². The van der Waals surface area contributed by atoms with Gasteiger partial charge in [-0.2, -0.15) is 5.10 Å². The molecule has 9 heteroatoms. The largest absolute Gasteiger partial charge is 0.380 e. The van der Waals surface area contributed by atoms with Crippen molar-refractivity contribution in [3.05, 3.63) is 54.2 Å². The molecule has 0 fully saturated rings. The number of ether oxygens (including phenoxy) is 1. The molecule has 2 aromatic heterocycles. The fourth-order valence-electron chi connectivity index (χ4n) is 3.67. The van der Waals surface area contributed by atoms with E-state index in [9.17, 15) is 4.79 Å². The summed E-state index contributed by atoms with van der Waals surface area (Å²) < 4.78 is 7.26. The van der Waals surface area contributed by atoms with Crippen molar-refractivity contribution in [3.8, 4) is 0 Å². The van der Waals surface area contributed by atoms with Crippen LogP contribution in [-0.4, -0.2) is 57.7 Å². The monoisotopic (exact) mass is 478 g/mol. The van der Waals surface area contributed by atoms with Crippen molar-refractivity contribution in [2.24, 2.45) is 0 Å². The SMILES string of the molecule is CCCSc1nc(NCCOCC)c2cnn(CCNC(=O)c3cccc4ccccc34)c2n1. The Morgan fingerprint density at radius 2 is 1.91 bits per heavy atom. The summed E-state index contributed by atoms with van der Waals surface area (Å²) in [4.78, 5) is 22.3. The fourth-order valence-corrected chi connectivity index (χ4v) is 4.37. The fraction of sp³-hybridized carbons (Fsp3) is 0.360. The van der Waals surface area contributed by atoms with Gasteiger partial charge in [-0.25, -0.2) is 14.6 Å². The first-order valence-electron chi connectivity index (χ1n) is 11.6. The number of anilines is 1. The molecule has 4 rings (SSSR count). The molecule has 0 bridgehead atoms. The molecule has 0 unspecified atom stereocenters. The summed E-state index contributed by atoms with van der Waals surface area (Å²) in [5, 5.41) is 14.5. The molecular formula is C25H30N6O2S. The molecule has 0 aliphatic heterocycles. The third-order valence-corrected chi connectivity index (χ3v) is 6.35. The van der Waals surface area contributed by atoms with Gasteiger partial charge in [-0.05, 0) is 30.2 Å². The van der Waals surface area contributed by atoms with Crippen molar-refractivity contribution in [2.45, 2.75) is 32.0 Å². The van der Waals surface area contributed by atoms with Crippen LogP contribution in [0.15, 0.2) is 53.8 Å². The average molecular weight is 479 g/mol.